The second kappa shape index (κ2) is 12.1. The second-order valence-corrected chi connectivity index (χ2v) is 5.67. The molecular weight excluding hydrogens is 284 g/mol. The number of para-hydroxylation sites is 1. The van der Waals surface area contributed by atoms with Crippen LogP contribution in [0.4, 0.5) is 14.5 Å². The Morgan fingerprint density at radius 1 is 0.864 bits per heavy atom. The van der Waals surface area contributed by atoms with Gasteiger partial charge in [0, 0.05) is 18.5 Å². The van der Waals surface area contributed by atoms with Gasteiger partial charge in [0.25, 0.3) is 0 Å². The molecule has 1 aromatic rings. The van der Waals surface area contributed by atoms with Crippen LogP contribution in [0.1, 0.15) is 64.2 Å². The van der Waals surface area contributed by atoms with Crippen molar-refractivity contribution in [2.24, 2.45) is 0 Å². The number of hydrogen-bond donors (Lipinski definition) is 1. The monoisotopic (exact) mass is 311 g/mol. The first-order chi connectivity index (χ1) is 10.7. The lowest BCUT2D eigenvalue weighted by Gasteiger charge is -2.05. The summed E-state index contributed by atoms with van der Waals surface area (Å²) >= 11 is 0. The van der Waals surface area contributed by atoms with Gasteiger partial charge < -0.3 is 5.32 Å². The third kappa shape index (κ3) is 10.3. The van der Waals surface area contributed by atoms with Crippen LogP contribution in [0.3, 0.4) is 0 Å². The SMILES string of the molecule is O=C(CCCCCCCCCCC(F)F)Nc1ccccc1. The standard InChI is InChI=1S/C18H27F2NO/c19-17(20)14-10-5-3-1-2-4-6-11-15-18(22)21-16-12-8-7-9-13-16/h7-9,12-13,17H,1-6,10-11,14-15H2,(H,21,22). The minimum atomic E-state index is -2.15. The van der Waals surface area contributed by atoms with Crippen molar-refractivity contribution in [3.05, 3.63) is 30.3 Å². The molecule has 0 spiro atoms. The van der Waals surface area contributed by atoms with Crippen molar-refractivity contribution in [3.63, 3.8) is 0 Å². The highest BCUT2D eigenvalue weighted by molar-refractivity contribution is 5.90. The van der Waals surface area contributed by atoms with Gasteiger partial charge in [0.05, 0.1) is 0 Å². The molecule has 0 unspecified atom stereocenters. The number of halogens is 2. The van der Waals surface area contributed by atoms with Crippen LogP contribution in [-0.4, -0.2) is 12.3 Å². The van der Waals surface area contributed by atoms with Crippen LogP contribution in [-0.2, 0) is 4.79 Å². The van der Waals surface area contributed by atoms with E-state index in [9.17, 15) is 13.6 Å². The van der Waals surface area contributed by atoms with Crippen molar-refractivity contribution in [3.8, 4) is 0 Å². The van der Waals surface area contributed by atoms with Gasteiger partial charge in [-0.15, -0.1) is 0 Å². The number of alkyl halides is 2. The summed E-state index contributed by atoms with van der Waals surface area (Å²) in [6, 6.07) is 9.48. The molecule has 1 aromatic carbocycles. The molecule has 22 heavy (non-hydrogen) atoms. The predicted molar refractivity (Wildman–Crippen MR) is 87.2 cm³/mol. The predicted octanol–water partition coefficient (Wildman–Crippen LogP) is 5.79. The highest BCUT2D eigenvalue weighted by Gasteiger charge is 2.02. The van der Waals surface area contributed by atoms with Crippen molar-refractivity contribution in [1.29, 1.82) is 0 Å². The Morgan fingerprint density at radius 2 is 1.41 bits per heavy atom. The van der Waals surface area contributed by atoms with Gasteiger partial charge in [0.1, 0.15) is 0 Å². The smallest absolute Gasteiger partial charge is 0.238 e. The molecule has 0 aliphatic heterocycles. The van der Waals surface area contributed by atoms with E-state index < -0.39 is 6.43 Å². The zero-order chi connectivity index (χ0) is 16.0. The van der Waals surface area contributed by atoms with Gasteiger partial charge in [-0.25, -0.2) is 8.78 Å². The number of rotatable bonds is 12. The first-order valence-corrected chi connectivity index (χ1v) is 8.31. The summed E-state index contributed by atoms with van der Waals surface area (Å²) in [5, 5.41) is 2.88. The van der Waals surface area contributed by atoms with Crippen molar-refractivity contribution in [2.45, 2.75) is 70.6 Å². The van der Waals surface area contributed by atoms with Crippen LogP contribution in [0.15, 0.2) is 30.3 Å². The van der Waals surface area contributed by atoms with Crippen LogP contribution in [0.5, 0.6) is 0 Å². The highest BCUT2D eigenvalue weighted by Crippen LogP contribution is 2.13. The molecule has 0 bridgehead atoms. The Bertz CT molecular complexity index is 395. The molecule has 0 aliphatic rings. The lowest BCUT2D eigenvalue weighted by atomic mass is 10.1. The molecule has 2 nitrogen and oxygen atoms in total. The topological polar surface area (TPSA) is 29.1 Å². The molecule has 124 valence electrons. The number of amides is 1. The normalized spacial score (nSPS) is 10.9. The van der Waals surface area contributed by atoms with Crippen molar-refractivity contribution in [2.75, 3.05) is 5.32 Å². The average Bonchev–Trinajstić information content (AvgIpc) is 2.50. The van der Waals surface area contributed by atoms with Gasteiger partial charge in [0.15, 0.2) is 0 Å². The summed E-state index contributed by atoms with van der Waals surface area (Å²) in [6.45, 7) is 0. The van der Waals surface area contributed by atoms with E-state index in [-0.39, 0.29) is 12.3 Å². The minimum Gasteiger partial charge on any atom is -0.326 e. The number of carbonyl (C=O) groups excluding carboxylic acids is 1. The maximum absolute atomic E-state index is 11.9. The number of carbonyl (C=O) groups is 1. The maximum atomic E-state index is 11.9. The van der Waals surface area contributed by atoms with E-state index in [1.165, 1.54) is 0 Å². The molecule has 1 N–H and O–H groups in total. The summed E-state index contributed by atoms with van der Waals surface area (Å²) in [5.41, 5.74) is 0.844. The van der Waals surface area contributed by atoms with Gasteiger partial charge in [-0.3, -0.25) is 4.79 Å². The largest absolute Gasteiger partial charge is 0.326 e. The van der Waals surface area contributed by atoms with E-state index in [1.807, 2.05) is 30.3 Å². The molecule has 0 aliphatic carbocycles. The van der Waals surface area contributed by atoms with Crippen LogP contribution in [0.25, 0.3) is 0 Å². The fourth-order valence-electron chi connectivity index (χ4n) is 2.39. The minimum absolute atomic E-state index is 0.0382. The third-order valence-corrected chi connectivity index (χ3v) is 3.63. The molecule has 0 radical (unpaired) electrons. The van der Waals surface area contributed by atoms with E-state index in [0.29, 0.717) is 12.8 Å². The fraction of sp³-hybridized carbons (Fsp3) is 0.611. The van der Waals surface area contributed by atoms with Gasteiger partial charge in [-0.05, 0) is 25.0 Å². The molecule has 0 fully saturated rings. The number of unbranched alkanes of at least 4 members (excludes halogenated alkanes) is 7. The van der Waals surface area contributed by atoms with Crippen molar-refractivity contribution >= 4 is 11.6 Å². The molecular formula is C18H27F2NO. The zero-order valence-electron chi connectivity index (χ0n) is 13.2. The number of hydrogen-bond acceptors (Lipinski definition) is 1. The van der Waals surface area contributed by atoms with E-state index in [1.54, 1.807) is 0 Å². The Hall–Kier alpha value is -1.45. The summed E-state index contributed by atoms with van der Waals surface area (Å²) in [5.74, 6) is 0.0678. The van der Waals surface area contributed by atoms with Crippen LogP contribution in [0.2, 0.25) is 0 Å². The molecule has 0 aromatic heterocycles. The van der Waals surface area contributed by atoms with E-state index in [4.69, 9.17) is 0 Å². The lowest BCUT2D eigenvalue weighted by molar-refractivity contribution is -0.116. The van der Waals surface area contributed by atoms with Gasteiger partial charge in [-0.1, -0.05) is 56.7 Å². The highest BCUT2D eigenvalue weighted by atomic mass is 19.3. The number of benzene rings is 1. The lowest BCUT2D eigenvalue weighted by Crippen LogP contribution is -2.10. The second-order valence-electron chi connectivity index (χ2n) is 5.67. The Kier molecular flexibility index (Phi) is 10.3. The van der Waals surface area contributed by atoms with Crippen molar-refractivity contribution < 1.29 is 13.6 Å². The average molecular weight is 311 g/mol. The summed E-state index contributed by atoms with van der Waals surface area (Å²) in [4.78, 5) is 11.7. The Labute approximate surface area is 132 Å². The van der Waals surface area contributed by atoms with Crippen LogP contribution in [0, 0.1) is 0 Å². The summed E-state index contributed by atoms with van der Waals surface area (Å²) in [7, 11) is 0. The summed E-state index contributed by atoms with van der Waals surface area (Å²) < 4.78 is 23.8. The molecule has 0 atom stereocenters. The first kappa shape index (κ1) is 18.6. The molecule has 1 amide bonds. The molecule has 0 saturated heterocycles. The zero-order valence-corrected chi connectivity index (χ0v) is 13.2. The third-order valence-electron chi connectivity index (χ3n) is 3.63. The Morgan fingerprint density at radius 3 is 2.00 bits per heavy atom. The van der Waals surface area contributed by atoms with Crippen LogP contribution >= 0.6 is 0 Å². The van der Waals surface area contributed by atoms with E-state index in [0.717, 1.165) is 50.6 Å². The molecule has 0 saturated carbocycles. The first-order valence-electron chi connectivity index (χ1n) is 8.31. The van der Waals surface area contributed by atoms with E-state index in [2.05, 4.69) is 5.32 Å². The number of anilines is 1. The van der Waals surface area contributed by atoms with Gasteiger partial charge in [0.2, 0.25) is 12.3 Å². The molecule has 1 rings (SSSR count). The maximum Gasteiger partial charge on any atom is 0.238 e. The Balaban J connectivity index is 1.88. The van der Waals surface area contributed by atoms with Gasteiger partial charge >= 0.3 is 0 Å². The summed E-state index contributed by atoms with van der Waals surface area (Å²) in [6.07, 6.45) is 6.36. The van der Waals surface area contributed by atoms with Crippen molar-refractivity contribution in [1.82, 2.24) is 0 Å². The van der Waals surface area contributed by atoms with Gasteiger partial charge in [-0.2, -0.15) is 0 Å². The van der Waals surface area contributed by atoms with E-state index >= 15 is 0 Å². The molecule has 4 heteroatoms. The number of nitrogens with one attached hydrogen (secondary N) is 1. The quantitative estimate of drug-likeness (QED) is 0.486. The molecule has 0 heterocycles. The van der Waals surface area contributed by atoms with Crippen LogP contribution < -0.4 is 5.32 Å². The fourth-order valence-corrected chi connectivity index (χ4v) is 2.39.